The van der Waals surface area contributed by atoms with Crippen molar-refractivity contribution in [3.05, 3.63) is 76.3 Å². The summed E-state index contributed by atoms with van der Waals surface area (Å²) in [5, 5.41) is 3.52. The first kappa shape index (κ1) is 23.6. The van der Waals surface area contributed by atoms with Gasteiger partial charge in [0.25, 0.3) is 0 Å². The Bertz CT molecular complexity index is 1150. The summed E-state index contributed by atoms with van der Waals surface area (Å²) in [5.74, 6) is 1.64. The average Bonchev–Trinajstić information content (AvgIpc) is 2.80. The van der Waals surface area contributed by atoms with Gasteiger partial charge in [0.15, 0.2) is 5.82 Å². The lowest BCUT2D eigenvalue weighted by atomic mass is 10.0. The van der Waals surface area contributed by atoms with Crippen molar-refractivity contribution in [2.45, 2.75) is 46.2 Å². The van der Waals surface area contributed by atoms with Gasteiger partial charge in [-0.15, -0.1) is 0 Å². The molecule has 0 spiro atoms. The van der Waals surface area contributed by atoms with Crippen molar-refractivity contribution < 1.29 is 9.53 Å². The summed E-state index contributed by atoms with van der Waals surface area (Å²) in [7, 11) is 0. The van der Waals surface area contributed by atoms with Crippen LogP contribution in [0.4, 0.5) is 11.5 Å². The number of amides is 1. The zero-order valence-corrected chi connectivity index (χ0v) is 20.1. The summed E-state index contributed by atoms with van der Waals surface area (Å²) in [6, 6.07) is 15.7. The molecule has 3 aromatic rings. The Morgan fingerprint density at radius 1 is 1.06 bits per heavy atom. The van der Waals surface area contributed by atoms with Crippen LogP contribution in [0.5, 0.6) is 11.6 Å². The number of rotatable bonds is 7. The number of ether oxygens (including phenoxy) is 1. The predicted molar refractivity (Wildman–Crippen MR) is 136 cm³/mol. The fourth-order valence-corrected chi connectivity index (χ4v) is 4.52. The van der Waals surface area contributed by atoms with Gasteiger partial charge in [0.05, 0.1) is 5.69 Å². The van der Waals surface area contributed by atoms with Crippen molar-refractivity contribution in [3.63, 3.8) is 0 Å². The maximum absolute atomic E-state index is 11.2. The molecule has 1 aliphatic heterocycles. The van der Waals surface area contributed by atoms with Gasteiger partial charge in [-0.1, -0.05) is 29.8 Å². The van der Waals surface area contributed by atoms with E-state index in [-0.39, 0.29) is 0 Å². The molecule has 1 fully saturated rings. The molecule has 5 N–H and O–H groups in total. The van der Waals surface area contributed by atoms with Crippen LogP contribution in [0, 0.1) is 20.8 Å². The number of hydrogen-bond donors (Lipinski definition) is 3. The van der Waals surface area contributed by atoms with Crippen LogP contribution in [-0.4, -0.2) is 34.9 Å². The number of nitrogen functional groups attached to an aromatic ring is 1. The van der Waals surface area contributed by atoms with Gasteiger partial charge >= 0.3 is 0 Å². The summed E-state index contributed by atoms with van der Waals surface area (Å²) >= 11 is 0. The highest BCUT2D eigenvalue weighted by Gasteiger charge is 2.21. The molecule has 1 aromatic heterocycles. The molecule has 1 aliphatic rings. The maximum Gasteiger partial charge on any atom is 0.248 e. The van der Waals surface area contributed by atoms with E-state index >= 15 is 0 Å². The fraction of sp³-hybridized carbons (Fsp3) is 0.333. The number of pyridine rings is 1. The van der Waals surface area contributed by atoms with E-state index in [9.17, 15) is 4.79 Å². The molecule has 0 radical (unpaired) electrons. The predicted octanol–water partition coefficient (Wildman–Crippen LogP) is 4.56. The molecule has 0 unspecified atom stereocenters. The number of aryl methyl sites for hydroxylation is 3. The van der Waals surface area contributed by atoms with Crippen LogP contribution in [0.3, 0.4) is 0 Å². The number of carbonyl (C=O) groups is 1. The van der Waals surface area contributed by atoms with Crippen molar-refractivity contribution in [1.29, 1.82) is 0 Å². The van der Waals surface area contributed by atoms with Gasteiger partial charge in [-0.2, -0.15) is 4.98 Å². The van der Waals surface area contributed by atoms with Crippen LogP contribution in [0.1, 0.15) is 45.5 Å². The molecule has 1 amide bonds. The summed E-state index contributed by atoms with van der Waals surface area (Å²) in [5.41, 5.74) is 17.3. The Morgan fingerprint density at radius 3 is 2.32 bits per heavy atom. The number of nitrogens with two attached hydrogens (primary N) is 2. The molecule has 0 atom stereocenters. The Hall–Kier alpha value is -3.58. The van der Waals surface area contributed by atoms with Crippen LogP contribution in [0.2, 0.25) is 0 Å². The van der Waals surface area contributed by atoms with Crippen molar-refractivity contribution in [1.82, 2.24) is 9.88 Å². The van der Waals surface area contributed by atoms with Gasteiger partial charge in [-0.3, -0.25) is 9.69 Å². The van der Waals surface area contributed by atoms with E-state index in [1.165, 1.54) is 11.1 Å². The number of nitrogens with one attached hydrogen (secondary N) is 1. The lowest BCUT2D eigenvalue weighted by molar-refractivity contribution is 0.1000. The topological polar surface area (TPSA) is 107 Å². The SMILES string of the molecule is Cc1cc(C)c(Oc2ccc(N)c(NC3CCN(Cc4ccc(C(N)=O)cc4)CC3)n2)c(C)c1. The highest BCUT2D eigenvalue weighted by Crippen LogP contribution is 2.31. The number of hydrogen-bond acceptors (Lipinski definition) is 6. The van der Waals surface area contributed by atoms with Gasteiger partial charge in [0.1, 0.15) is 5.75 Å². The van der Waals surface area contributed by atoms with Crippen LogP contribution in [0.15, 0.2) is 48.5 Å². The van der Waals surface area contributed by atoms with Gasteiger partial charge in [-0.25, -0.2) is 0 Å². The molecule has 0 aliphatic carbocycles. The molecule has 2 aromatic carbocycles. The number of aromatic nitrogens is 1. The molecule has 7 nitrogen and oxygen atoms in total. The summed E-state index contributed by atoms with van der Waals surface area (Å²) in [6.45, 7) is 8.96. The zero-order chi connectivity index (χ0) is 24.2. The second kappa shape index (κ2) is 10.1. The Labute approximate surface area is 201 Å². The first-order valence-corrected chi connectivity index (χ1v) is 11.7. The molecular weight excluding hydrogens is 426 g/mol. The third-order valence-corrected chi connectivity index (χ3v) is 6.29. The monoisotopic (exact) mass is 459 g/mol. The minimum Gasteiger partial charge on any atom is -0.438 e. The molecule has 2 heterocycles. The molecule has 34 heavy (non-hydrogen) atoms. The normalized spacial score (nSPS) is 14.7. The average molecular weight is 460 g/mol. The fourth-order valence-electron chi connectivity index (χ4n) is 4.52. The molecule has 7 heteroatoms. The minimum absolute atomic E-state index is 0.293. The van der Waals surface area contributed by atoms with Crippen LogP contribution in [0.25, 0.3) is 0 Å². The van der Waals surface area contributed by atoms with Crippen molar-refractivity contribution in [2.75, 3.05) is 24.1 Å². The highest BCUT2D eigenvalue weighted by molar-refractivity contribution is 5.92. The first-order chi connectivity index (χ1) is 16.3. The lowest BCUT2D eigenvalue weighted by Gasteiger charge is -2.32. The quantitative estimate of drug-likeness (QED) is 0.478. The van der Waals surface area contributed by atoms with E-state index in [4.69, 9.17) is 16.2 Å². The highest BCUT2D eigenvalue weighted by atomic mass is 16.5. The van der Waals surface area contributed by atoms with E-state index in [1.54, 1.807) is 12.1 Å². The molecular formula is C27H33N5O2. The van der Waals surface area contributed by atoms with Gasteiger partial charge in [0, 0.05) is 37.3 Å². The Morgan fingerprint density at radius 2 is 1.71 bits per heavy atom. The summed E-state index contributed by atoms with van der Waals surface area (Å²) in [4.78, 5) is 18.3. The number of primary amides is 1. The van der Waals surface area contributed by atoms with Crippen LogP contribution < -0.4 is 21.5 Å². The number of nitrogens with zero attached hydrogens (tertiary/aromatic N) is 2. The zero-order valence-electron chi connectivity index (χ0n) is 20.1. The van der Waals surface area contributed by atoms with Crippen molar-refractivity contribution in [3.8, 4) is 11.6 Å². The number of likely N-dealkylation sites (tertiary alicyclic amines) is 1. The van der Waals surface area contributed by atoms with E-state index in [0.29, 0.717) is 29.0 Å². The first-order valence-electron chi connectivity index (χ1n) is 11.7. The van der Waals surface area contributed by atoms with Crippen molar-refractivity contribution in [2.24, 2.45) is 5.73 Å². The molecule has 4 rings (SSSR count). The number of carbonyl (C=O) groups excluding carboxylic acids is 1. The molecule has 178 valence electrons. The summed E-state index contributed by atoms with van der Waals surface area (Å²) < 4.78 is 6.14. The van der Waals surface area contributed by atoms with Gasteiger partial charge in [0.2, 0.25) is 11.8 Å². The number of anilines is 2. The third kappa shape index (κ3) is 5.66. The van der Waals surface area contributed by atoms with Crippen molar-refractivity contribution >= 4 is 17.4 Å². The second-order valence-corrected chi connectivity index (χ2v) is 9.17. The lowest BCUT2D eigenvalue weighted by Crippen LogP contribution is -2.38. The van der Waals surface area contributed by atoms with E-state index in [0.717, 1.165) is 49.4 Å². The molecule has 0 bridgehead atoms. The molecule has 0 saturated carbocycles. The van der Waals surface area contributed by atoms with Crippen LogP contribution in [-0.2, 0) is 6.54 Å². The third-order valence-electron chi connectivity index (χ3n) is 6.29. The maximum atomic E-state index is 11.2. The number of benzene rings is 2. The van der Waals surface area contributed by atoms with Gasteiger partial charge < -0.3 is 21.5 Å². The standard InChI is InChI=1S/C27H33N5O2/c1-17-14-18(2)25(19(3)15-17)34-24-9-8-23(28)27(31-24)30-22-10-12-32(13-11-22)16-20-4-6-21(7-5-20)26(29)33/h4-9,14-15,22H,10-13,16,28H2,1-3H3,(H2,29,33)(H,30,31). The van der Waals surface area contributed by atoms with Crippen LogP contribution >= 0.6 is 0 Å². The second-order valence-electron chi connectivity index (χ2n) is 9.17. The van der Waals surface area contributed by atoms with Gasteiger partial charge in [-0.05, 0) is 68.5 Å². The molecule has 1 saturated heterocycles. The largest absolute Gasteiger partial charge is 0.438 e. The van der Waals surface area contributed by atoms with E-state index in [1.807, 2.05) is 38.1 Å². The Kier molecular flexibility index (Phi) is 7.03. The minimum atomic E-state index is -0.398. The number of piperidine rings is 1. The smallest absolute Gasteiger partial charge is 0.248 e. The Balaban J connectivity index is 1.35. The van der Waals surface area contributed by atoms with E-state index in [2.05, 4.69) is 34.3 Å². The van der Waals surface area contributed by atoms with E-state index < -0.39 is 5.91 Å². The summed E-state index contributed by atoms with van der Waals surface area (Å²) in [6.07, 6.45) is 1.98.